The minimum Gasteiger partial charge on any atom is -0.382 e. The third-order valence-corrected chi connectivity index (χ3v) is 5.66. The lowest BCUT2D eigenvalue weighted by molar-refractivity contribution is 0.188. The molecule has 1 aromatic carbocycles. The Balaban J connectivity index is 1.54. The van der Waals surface area contributed by atoms with E-state index in [0.717, 1.165) is 5.41 Å². The van der Waals surface area contributed by atoms with Gasteiger partial charge >= 0.3 is 0 Å². The molecular weight excluding hydrogens is 242 g/mol. The predicted molar refractivity (Wildman–Crippen MR) is 87.3 cm³/mol. The summed E-state index contributed by atoms with van der Waals surface area (Å²) in [5, 5.41) is 3.75. The second kappa shape index (κ2) is 5.79. The van der Waals surface area contributed by atoms with Crippen LogP contribution in [0.4, 0.5) is 5.69 Å². The van der Waals surface area contributed by atoms with E-state index in [-0.39, 0.29) is 0 Å². The summed E-state index contributed by atoms with van der Waals surface area (Å²) in [6.07, 6.45) is 11.6. The molecule has 1 heteroatoms. The molecule has 2 aliphatic rings. The van der Waals surface area contributed by atoms with Gasteiger partial charge in [0.25, 0.3) is 0 Å². The molecule has 20 heavy (non-hydrogen) atoms. The van der Waals surface area contributed by atoms with Crippen molar-refractivity contribution in [3.8, 4) is 0 Å². The molecule has 0 atom stereocenters. The fraction of sp³-hybridized carbons (Fsp3) is 0.684. The van der Waals surface area contributed by atoms with Gasteiger partial charge in [-0.05, 0) is 67.6 Å². The summed E-state index contributed by atoms with van der Waals surface area (Å²) >= 11 is 0. The van der Waals surface area contributed by atoms with E-state index in [9.17, 15) is 0 Å². The SMILES string of the molecule is CC(C)c1ccc(NC2CCC3(CCCC3)CC2)cc1. The summed E-state index contributed by atoms with van der Waals surface area (Å²) in [6.45, 7) is 4.51. The zero-order valence-electron chi connectivity index (χ0n) is 13.1. The van der Waals surface area contributed by atoms with Gasteiger partial charge in [-0.2, -0.15) is 0 Å². The maximum atomic E-state index is 3.75. The van der Waals surface area contributed by atoms with Crippen molar-refractivity contribution in [2.75, 3.05) is 5.32 Å². The normalized spacial score (nSPS) is 22.6. The Morgan fingerprint density at radius 1 is 0.950 bits per heavy atom. The molecule has 0 amide bonds. The minimum atomic E-state index is 0.626. The maximum absolute atomic E-state index is 3.75. The summed E-state index contributed by atoms with van der Waals surface area (Å²) in [7, 11) is 0. The molecule has 110 valence electrons. The van der Waals surface area contributed by atoms with Gasteiger partial charge in [0.2, 0.25) is 0 Å². The highest BCUT2D eigenvalue weighted by molar-refractivity contribution is 5.46. The lowest BCUT2D eigenvalue weighted by Crippen LogP contribution is -2.31. The largest absolute Gasteiger partial charge is 0.382 e. The van der Waals surface area contributed by atoms with Crippen molar-refractivity contribution in [2.45, 2.75) is 77.2 Å². The van der Waals surface area contributed by atoms with Crippen molar-refractivity contribution in [3.05, 3.63) is 29.8 Å². The smallest absolute Gasteiger partial charge is 0.0342 e. The lowest BCUT2D eigenvalue weighted by Gasteiger charge is -2.37. The molecule has 0 heterocycles. The highest BCUT2D eigenvalue weighted by Crippen LogP contribution is 2.49. The van der Waals surface area contributed by atoms with E-state index in [1.54, 1.807) is 0 Å². The van der Waals surface area contributed by atoms with Crippen LogP contribution in [0.2, 0.25) is 0 Å². The first-order valence-electron chi connectivity index (χ1n) is 8.53. The molecule has 0 aliphatic heterocycles. The van der Waals surface area contributed by atoms with Gasteiger partial charge in [-0.25, -0.2) is 0 Å². The summed E-state index contributed by atoms with van der Waals surface area (Å²) in [5.41, 5.74) is 3.49. The molecule has 0 bridgehead atoms. The second-order valence-corrected chi connectivity index (χ2v) is 7.40. The highest BCUT2D eigenvalue weighted by atomic mass is 14.9. The fourth-order valence-corrected chi connectivity index (χ4v) is 4.20. The first-order valence-corrected chi connectivity index (χ1v) is 8.53. The van der Waals surface area contributed by atoms with E-state index in [2.05, 4.69) is 43.4 Å². The van der Waals surface area contributed by atoms with Crippen LogP contribution in [0.1, 0.15) is 76.7 Å². The molecule has 2 saturated carbocycles. The first-order chi connectivity index (χ1) is 9.67. The molecule has 1 spiro atoms. The number of hydrogen-bond acceptors (Lipinski definition) is 1. The summed E-state index contributed by atoms with van der Waals surface area (Å²) < 4.78 is 0. The molecular formula is C19H29N. The summed E-state index contributed by atoms with van der Waals surface area (Å²) in [6, 6.07) is 9.76. The average molecular weight is 271 g/mol. The van der Waals surface area contributed by atoms with Crippen LogP contribution in [0.5, 0.6) is 0 Å². The van der Waals surface area contributed by atoms with Crippen molar-refractivity contribution in [1.29, 1.82) is 0 Å². The zero-order valence-corrected chi connectivity index (χ0v) is 13.1. The topological polar surface area (TPSA) is 12.0 Å². The van der Waals surface area contributed by atoms with Crippen LogP contribution in [0.3, 0.4) is 0 Å². The van der Waals surface area contributed by atoms with E-state index >= 15 is 0 Å². The second-order valence-electron chi connectivity index (χ2n) is 7.40. The average Bonchev–Trinajstić information content (AvgIpc) is 2.91. The monoisotopic (exact) mass is 271 g/mol. The number of nitrogens with one attached hydrogen (secondary N) is 1. The Morgan fingerprint density at radius 3 is 2.10 bits per heavy atom. The summed E-state index contributed by atoms with van der Waals surface area (Å²) in [5.74, 6) is 0.626. The van der Waals surface area contributed by atoms with E-state index in [1.807, 2.05) is 0 Å². The van der Waals surface area contributed by atoms with Crippen LogP contribution >= 0.6 is 0 Å². The van der Waals surface area contributed by atoms with Gasteiger partial charge in [-0.3, -0.25) is 0 Å². The van der Waals surface area contributed by atoms with Crippen LogP contribution in [0.15, 0.2) is 24.3 Å². The van der Waals surface area contributed by atoms with E-state index < -0.39 is 0 Å². The van der Waals surface area contributed by atoms with Gasteiger partial charge in [0.1, 0.15) is 0 Å². The van der Waals surface area contributed by atoms with Crippen molar-refractivity contribution < 1.29 is 0 Å². The number of anilines is 1. The molecule has 0 aromatic heterocycles. The molecule has 1 N–H and O–H groups in total. The van der Waals surface area contributed by atoms with Gasteiger partial charge in [0, 0.05) is 11.7 Å². The maximum Gasteiger partial charge on any atom is 0.0342 e. The Kier molecular flexibility index (Phi) is 4.05. The van der Waals surface area contributed by atoms with Gasteiger partial charge in [-0.15, -0.1) is 0 Å². The van der Waals surface area contributed by atoms with E-state index in [4.69, 9.17) is 0 Å². The molecule has 2 aliphatic carbocycles. The molecule has 2 fully saturated rings. The van der Waals surface area contributed by atoms with Gasteiger partial charge < -0.3 is 5.32 Å². The van der Waals surface area contributed by atoms with Crippen LogP contribution in [-0.4, -0.2) is 6.04 Å². The Hall–Kier alpha value is -0.980. The lowest BCUT2D eigenvalue weighted by atomic mass is 9.71. The fourth-order valence-electron chi connectivity index (χ4n) is 4.20. The zero-order chi connectivity index (χ0) is 14.0. The molecule has 1 nitrogen and oxygen atoms in total. The van der Waals surface area contributed by atoms with Gasteiger partial charge in [-0.1, -0.05) is 38.8 Å². The molecule has 0 radical (unpaired) electrons. The Morgan fingerprint density at radius 2 is 1.55 bits per heavy atom. The third-order valence-electron chi connectivity index (χ3n) is 5.66. The Labute approximate surface area is 124 Å². The van der Waals surface area contributed by atoms with Crippen molar-refractivity contribution >= 4 is 5.69 Å². The highest BCUT2D eigenvalue weighted by Gasteiger charge is 2.37. The number of rotatable bonds is 3. The quantitative estimate of drug-likeness (QED) is 0.740. The molecule has 3 rings (SSSR count). The minimum absolute atomic E-state index is 0.626. The Bertz CT molecular complexity index is 416. The van der Waals surface area contributed by atoms with Crippen LogP contribution < -0.4 is 5.32 Å². The van der Waals surface area contributed by atoms with Crippen molar-refractivity contribution in [3.63, 3.8) is 0 Å². The molecule has 0 saturated heterocycles. The van der Waals surface area contributed by atoms with Crippen LogP contribution in [0, 0.1) is 5.41 Å². The first kappa shape index (κ1) is 14.0. The van der Waals surface area contributed by atoms with E-state index in [0.29, 0.717) is 12.0 Å². The van der Waals surface area contributed by atoms with E-state index in [1.165, 1.54) is 62.6 Å². The van der Waals surface area contributed by atoms with Gasteiger partial charge in [0.15, 0.2) is 0 Å². The van der Waals surface area contributed by atoms with Crippen molar-refractivity contribution in [1.82, 2.24) is 0 Å². The number of benzene rings is 1. The van der Waals surface area contributed by atoms with Crippen LogP contribution in [0.25, 0.3) is 0 Å². The number of hydrogen-bond donors (Lipinski definition) is 1. The molecule has 1 aromatic rings. The van der Waals surface area contributed by atoms with Gasteiger partial charge in [0.05, 0.1) is 0 Å². The van der Waals surface area contributed by atoms with Crippen LogP contribution in [-0.2, 0) is 0 Å². The van der Waals surface area contributed by atoms with Crippen molar-refractivity contribution in [2.24, 2.45) is 5.41 Å². The third kappa shape index (κ3) is 3.02. The predicted octanol–water partition coefficient (Wildman–Crippen LogP) is 5.72. The molecule has 0 unspecified atom stereocenters. The summed E-state index contributed by atoms with van der Waals surface area (Å²) in [4.78, 5) is 0. The standard InChI is InChI=1S/C19H29N/c1-15(2)16-5-7-17(8-6-16)20-18-9-13-19(14-10-18)11-3-4-12-19/h5-8,15,18,20H,3-4,9-14H2,1-2H3.